The number of aliphatic imine (C=N–C) groups is 1. The highest BCUT2D eigenvalue weighted by molar-refractivity contribution is 7.18. The largest absolute Gasteiger partial charge is 0.489 e. The summed E-state index contributed by atoms with van der Waals surface area (Å²) in [6, 6.07) is 1.61. The van der Waals surface area contributed by atoms with Gasteiger partial charge in [0.15, 0.2) is 6.29 Å². The molecule has 1 aromatic rings. The fourth-order valence-corrected chi connectivity index (χ4v) is 3.91. The number of carbonyl (C=O) groups is 2. The van der Waals surface area contributed by atoms with Crippen molar-refractivity contribution < 1.29 is 19.1 Å². The fourth-order valence-electron chi connectivity index (χ4n) is 2.81. The Morgan fingerprint density at radius 3 is 2.88 bits per heavy atom. The minimum absolute atomic E-state index is 0.0762. The molecule has 1 saturated carbocycles. The van der Waals surface area contributed by atoms with Crippen molar-refractivity contribution in [2.24, 2.45) is 10.9 Å². The summed E-state index contributed by atoms with van der Waals surface area (Å²) >= 11 is 7.20. The van der Waals surface area contributed by atoms with E-state index < -0.39 is 0 Å². The number of esters is 1. The Balaban J connectivity index is 2.07. The summed E-state index contributed by atoms with van der Waals surface area (Å²) in [5.74, 6) is 0.247. The number of hydrogen-bond acceptors (Lipinski definition) is 6. The van der Waals surface area contributed by atoms with Crippen LogP contribution in [0.15, 0.2) is 35.2 Å². The first-order valence-electron chi connectivity index (χ1n) is 8.32. The van der Waals surface area contributed by atoms with Crippen LogP contribution in [0.4, 0.5) is 0 Å². The Morgan fingerprint density at radius 2 is 2.23 bits per heavy atom. The molecule has 0 amide bonds. The third-order valence-electron chi connectivity index (χ3n) is 4.15. The molecule has 26 heavy (non-hydrogen) atoms. The second kappa shape index (κ2) is 9.69. The molecule has 0 unspecified atom stereocenters. The van der Waals surface area contributed by atoms with Crippen molar-refractivity contribution in [1.29, 1.82) is 0 Å². The topological polar surface area (TPSA) is 65.0 Å². The van der Waals surface area contributed by atoms with Gasteiger partial charge in [-0.1, -0.05) is 18.2 Å². The van der Waals surface area contributed by atoms with Crippen LogP contribution in [0.3, 0.4) is 0 Å². The lowest BCUT2D eigenvalue weighted by Crippen LogP contribution is -2.28. The van der Waals surface area contributed by atoms with Crippen LogP contribution >= 0.6 is 22.9 Å². The lowest BCUT2D eigenvalue weighted by Gasteiger charge is -2.28. The maximum absolute atomic E-state index is 11.8. The van der Waals surface area contributed by atoms with Gasteiger partial charge in [0.05, 0.1) is 34.5 Å². The van der Waals surface area contributed by atoms with Gasteiger partial charge in [0.2, 0.25) is 0 Å². The van der Waals surface area contributed by atoms with Crippen LogP contribution in [0.1, 0.15) is 47.8 Å². The van der Waals surface area contributed by atoms with E-state index in [0.717, 1.165) is 31.1 Å². The first kappa shape index (κ1) is 20.4. The predicted molar refractivity (Wildman–Crippen MR) is 104 cm³/mol. The molecule has 0 aliphatic heterocycles. The number of hydrogen-bond donors (Lipinski definition) is 0. The van der Waals surface area contributed by atoms with Gasteiger partial charge in [-0.15, -0.1) is 11.3 Å². The summed E-state index contributed by atoms with van der Waals surface area (Å²) < 4.78 is 11.4. The third-order valence-corrected chi connectivity index (χ3v) is 5.36. The molecule has 1 aromatic heterocycles. The molecule has 0 aromatic carbocycles. The van der Waals surface area contributed by atoms with E-state index in [-0.39, 0.29) is 18.0 Å². The monoisotopic (exact) mass is 395 g/mol. The normalized spacial score (nSPS) is 20.8. The van der Waals surface area contributed by atoms with Crippen molar-refractivity contribution in [3.8, 4) is 0 Å². The van der Waals surface area contributed by atoms with Gasteiger partial charge in [-0.25, -0.2) is 0 Å². The summed E-state index contributed by atoms with van der Waals surface area (Å²) in [6.07, 6.45) is 7.05. The van der Waals surface area contributed by atoms with E-state index >= 15 is 0 Å². The summed E-state index contributed by atoms with van der Waals surface area (Å²) in [6.45, 7) is 5.76. The second-order valence-electron chi connectivity index (χ2n) is 6.17. The first-order chi connectivity index (χ1) is 12.4. The van der Waals surface area contributed by atoms with E-state index in [0.29, 0.717) is 27.0 Å². The molecule has 1 heterocycles. The van der Waals surface area contributed by atoms with Crippen LogP contribution < -0.4 is 0 Å². The van der Waals surface area contributed by atoms with Crippen molar-refractivity contribution >= 4 is 41.4 Å². The number of methoxy groups -OCH3 is 1. The van der Waals surface area contributed by atoms with Gasteiger partial charge in [-0.05, 0) is 44.2 Å². The average Bonchev–Trinajstić information content (AvgIpc) is 3.00. The van der Waals surface area contributed by atoms with Crippen molar-refractivity contribution in [1.82, 2.24) is 0 Å². The molecule has 140 valence electrons. The molecule has 2 rings (SSSR count). The molecular weight excluding hydrogens is 374 g/mol. The molecule has 1 fully saturated rings. The number of carbonyl (C=O) groups excluding carboxylic acids is 2. The second-order valence-corrected chi connectivity index (χ2v) is 7.88. The summed E-state index contributed by atoms with van der Waals surface area (Å²) in [7, 11) is 1.41. The predicted octanol–water partition coefficient (Wildman–Crippen LogP) is 4.80. The molecule has 5 nitrogen and oxygen atoms in total. The number of thiophene rings is 1. The zero-order valence-corrected chi connectivity index (χ0v) is 16.4. The molecule has 1 aliphatic carbocycles. The van der Waals surface area contributed by atoms with E-state index in [1.54, 1.807) is 18.5 Å². The molecule has 7 heteroatoms. The summed E-state index contributed by atoms with van der Waals surface area (Å²) in [5.41, 5.74) is 1.24. The highest BCUT2D eigenvalue weighted by Crippen LogP contribution is 2.30. The lowest BCUT2D eigenvalue weighted by atomic mass is 9.87. The third kappa shape index (κ3) is 5.54. The molecular formula is C19H22ClNO4S. The number of aldehydes is 1. The minimum atomic E-state index is -0.187. The summed E-state index contributed by atoms with van der Waals surface area (Å²) in [5, 5.41) is 0. The molecule has 0 N–H and O–H groups in total. The van der Waals surface area contributed by atoms with Crippen molar-refractivity contribution in [2.75, 3.05) is 7.11 Å². The van der Waals surface area contributed by atoms with Crippen LogP contribution in [0, 0.1) is 5.92 Å². The van der Waals surface area contributed by atoms with E-state index in [1.165, 1.54) is 18.4 Å². The Hall–Kier alpha value is -1.92. The number of halogens is 1. The maximum Gasteiger partial charge on any atom is 0.308 e. The molecule has 0 radical (unpaired) electrons. The SMILES string of the molecule is C=C(C)/C(=C\N=C\c1sc(Cl)cc1C=O)O[C@H]1CCC[C@H](C(=O)OC)C1. The Bertz CT molecular complexity index is 738. The zero-order valence-electron chi connectivity index (χ0n) is 14.9. The quantitative estimate of drug-likeness (QED) is 0.219. The van der Waals surface area contributed by atoms with Crippen LogP contribution in [0.25, 0.3) is 0 Å². The van der Waals surface area contributed by atoms with Gasteiger partial charge in [0.25, 0.3) is 0 Å². The summed E-state index contributed by atoms with van der Waals surface area (Å²) in [4.78, 5) is 27.7. The number of ether oxygens (including phenoxy) is 2. The minimum Gasteiger partial charge on any atom is -0.489 e. The van der Waals surface area contributed by atoms with E-state index in [9.17, 15) is 9.59 Å². The Kier molecular flexibility index (Phi) is 7.60. The Morgan fingerprint density at radius 1 is 1.46 bits per heavy atom. The van der Waals surface area contributed by atoms with Crippen LogP contribution in [-0.4, -0.2) is 31.7 Å². The molecule has 0 spiro atoms. The number of nitrogens with zero attached hydrogens (tertiary/aromatic N) is 1. The zero-order chi connectivity index (χ0) is 19.1. The van der Waals surface area contributed by atoms with Crippen molar-refractivity contribution in [3.05, 3.63) is 45.0 Å². The van der Waals surface area contributed by atoms with Gasteiger partial charge in [-0.2, -0.15) is 0 Å². The molecule has 0 bridgehead atoms. The van der Waals surface area contributed by atoms with Gasteiger partial charge < -0.3 is 9.47 Å². The van der Waals surface area contributed by atoms with Gasteiger partial charge >= 0.3 is 5.97 Å². The average molecular weight is 396 g/mol. The molecule has 2 atom stereocenters. The maximum atomic E-state index is 11.8. The van der Waals surface area contributed by atoms with Gasteiger partial charge in [0, 0.05) is 11.8 Å². The van der Waals surface area contributed by atoms with Crippen LogP contribution in [0.5, 0.6) is 0 Å². The highest BCUT2D eigenvalue weighted by Gasteiger charge is 2.29. The number of allylic oxidation sites excluding steroid dienone is 1. The van der Waals surface area contributed by atoms with E-state index in [2.05, 4.69) is 11.6 Å². The van der Waals surface area contributed by atoms with E-state index in [4.69, 9.17) is 21.1 Å². The van der Waals surface area contributed by atoms with Gasteiger partial charge in [0.1, 0.15) is 5.76 Å². The smallest absolute Gasteiger partial charge is 0.308 e. The van der Waals surface area contributed by atoms with Crippen molar-refractivity contribution in [3.63, 3.8) is 0 Å². The van der Waals surface area contributed by atoms with Crippen LogP contribution in [-0.2, 0) is 14.3 Å². The van der Waals surface area contributed by atoms with E-state index in [1.807, 2.05) is 6.92 Å². The molecule has 1 aliphatic rings. The standard InChI is InChI=1S/C19H22ClNO4S/c1-12(2)16(9-21-10-17-14(11-22)8-18(20)26-17)25-15-6-4-5-13(7-15)19(23)24-3/h8-11,13,15H,1,4-7H2,2-3H3/b16-9+,21-10+/t13-,15-/m0/s1. The first-order valence-corrected chi connectivity index (χ1v) is 9.52. The van der Waals surface area contributed by atoms with Crippen LogP contribution in [0.2, 0.25) is 4.34 Å². The highest BCUT2D eigenvalue weighted by atomic mass is 35.5. The lowest BCUT2D eigenvalue weighted by molar-refractivity contribution is -0.148. The Labute approximate surface area is 162 Å². The van der Waals surface area contributed by atoms with Crippen molar-refractivity contribution in [2.45, 2.75) is 38.7 Å². The van der Waals surface area contributed by atoms with Gasteiger partial charge in [-0.3, -0.25) is 14.6 Å². The number of rotatable bonds is 7. The fraction of sp³-hybridized carbons (Fsp3) is 0.421. The molecule has 0 saturated heterocycles.